The smallest absolute Gasteiger partial charge is 0.191 e. The standard InChI is InChI=1S/C24H28N2O2/c1-16(2)20-8-6-9-21(17(3)4)24(20)28-15-19(27)14-25-13-18-7-5-10-23-22(18)11-12-26-23/h5-13,16-17,26H,14-15H2,1-4H3. The quantitative estimate of drug-likeness (QED) is 0.529. The SMILES string of the molecule is CC(C)c1cccc(C(C)C)c1OCC(=O)CN=Cc1cccc2[nH]ccc12. The maximum atomic E-state index is 12.3. The Morgan fingerprint density at radius 3 is 2.39 bits per heavy atom. The molecule has 0 atom stereocenters. The van der Waals surface area contributed by atoms with Crippen LogP contribution in [-0.2, 0) is 4.79 Å². The highest BCUT2D eigenvalue weighted by atomic mass is 16.5. The molecule has 0 unspecified atom stereocenters. The molecule has 0 amide bonds. The van der Waals surface area contributed by atoms with Crippen LogP contribution in [0, 0.1) is 0 Å². The van der Waals surface area contributed by atoms with Gasteiger partial charge in [-0.2, -0.15) is 0 Å². The molecular weight excluding hydrogens is 348 g/mol. The summed E-state index contributed by atoms with van der Waals surface area (Å²) in [5.74, 6) is 1.49. The van der Waals surface area contributed by atoms with Gasteiger partial charge in [0.05, 0.1) is 0 Å². The van der Waals surface area contributed by atoms with E-state index in [1.807, 2.05) is 30.5 Å². The normalized spacial score (nSPS) is 11.8. The minimum absolute atomic E-state index is 0.0363. The number of ether oxygens (including phenoxy) is 1. The van der Waals surface area contributed by atoms with Gasteiger partial charge in [-0.25, -0.2) is 0 Å². The van der Waals surface area contributed by atoms with Gasteiger partial charge in [0.25, 0.3) is 0 Å². The van der Waals surface area contributed by atoms with E-state index in [4.69, 9.17) is 4.74 Å². The number of aromatic nitrogens is 1. The first-order chi connectivity index (χ1) is 13.5. The molecule has 0 spiro atoms. The second-order valence-corrected chi connectivity index (χ2v) is 7.66. The molecule has 0 radical (unpaired) electrons. The summed E-state index contributed by atoms with van der Waals surface area (Å²) in [4.78, 5) is 19.8. The van der Waals surface area contributed by atoms with Crippen LogP contribution in [0.2, 0.25) is 0 Å². The van der Waals surface area contributed by atoms with Gasteiger partial charge in [-0.1, -0.05) is 58.0 Å². The van der Waals surface area contributed by atoms with Crippen molar-refractivity contribution < 1.29 is 9.53 Å². The average molecular weight is 376 g/mol. The third-order valence-electron chi connectivity index (χ3n) is 4.82. The molecule has 2 aromatic carbocycles. The molecule has 0 saturated carbocycles. The van der Waals surface area contributed by atoms with Crippen molar-refractivity contribution in [2.75, 3.05) is 13.2 Å². The molecule has 1 aromatic heterocycles. The fourth-order valence-corrected chi connectivity index (χ4v) is 3.32. The number of carbonyl (C=O) groups excluding carboxylic acids is 1. The van der Waals surface area contributed by atoms with Gasteiger partial charge < -0.3 is 9.72 Å². The molecule has 4 heteroatoms. The summed E-state index contributed by atoms with van der Waals surface area (Å²) in [6, 6.07) is 14.2. The Hall–Kier alpha value is -2.88. The van der Waals surface area contributed by atoms with E-state index in [1.165, 1.54) is 0 Å². The number of H-pyrrole nitrogens is 1. The van der Waals surface area contributed by atoms with Crippen LogP contribution in [0.5, 0.6) is 5.75 Å². The molecule has 3 aromatic rings. The topological polar surface area (TPSA) is 54.4 Å². The van der Waals surface area contributed by atoms with Crippen molar-refractivity contribution in [1.82, 2.24) is 4.98 Å². The van der Waals surface area contributed by atoms with E-state index >= 15 is 0 Å². The van der Waals surface area contributed by atoms with E-state index in [0.29, 0.717) is 11.8 Å². The maximum absolute atomic E-state index is 12.3. The zero-order valence-electron chi connectivity index (χ0n) is 17.0. The van der Waals surface area contributed by atoms with Crippen LogP contribution in [0.15, 0.2) is 53.7 Å². The Labute approximate surface area is 166 Å². The largest absolute Gasteiger partial charge is 0.485 e. The van der Waals surface area contributed by atoms with Crippen molar-refractivity contribution in [2.24, 2.45) is 4.99 Å². The summed E-state index contributed by atoms with van der Waals surface area (Å²) >= 11 is 0. The van der Waals surface area contributed by atoms with E-state index in [0.717, 1.165) is 33.3 Å². The van der Waals surface area contributed by atoms with Crippen LogP contribution < -0.4 is 4.74 Å². The number of rotatable bonds is 8. The van der Waals surface area contributed by atoms with E-state index in [1.54, 1.807) is 6.21 Å². The summed E-state index contributed by atoms with van der Waals surface area (Å²) < 4.78 is 5.98. The van der Waals surface area contributed by atoms with E-state index in [-0.39, 0.29) is 18.9 Å². The summed E-state index contributed by atoms with van der Waals surface area (Å²) in [5.41, 5.74) is 4.34. The van der Waals surface area contributed by atoms with Crippen LogP contribution in [-0.4, -0.2) is 30.1 Å². The Morgan fingerprint density at radius 1 is 1.04 bits per heavy atom. The molecule has 1 N–H and O–H groups in total. The van der Waals surface area contributed by atoms with Gasteiger partial charge in [0.1, 0.15) is 18.9 Å². The Morgan fingerprint density at radius 2 is 1.71 bits per heavy atom. The number of nitrogens with zero attached hydrogens (tertiary/aromatic N) is 1. The predicted octanol–water partition coefficient (Wildman–Crippen LogP) is 5.48. The number of Topliss-reactive ketones (excluding diaryl/α,β-unsaturated/α-hetero) is 1. The predicted molar refractivity (Wildman–Crippen MR) is 116 cm³/mol. The molecule has 0 fully saturated rings. The van der Waals surface area contributed by atoms with Crippen molar-refractivity contribution in [1.29, 1.82) is 0 Å². The second kappa shape index (κ2) is 8.87. The molecule has 146 valence electrons. The van der Waals surface area contributed by atoms with Gasteiger partial charge in [-0.15, -0.1) is 0 Å². The van der Waals surface area contributed by atoms with E-state index in [2.05, 4.69) is 55.9 Å². The Bertz CT molecular complexity index is 957. The van der Waals surface area contributed by atoms with Gasteiger partial charge in [0.2, 0.25) is 0 Å². The minimum Gasteiger partial charge on any atom is -0.485 e. The van der Waals surface area contributed by atoms with Crippen molar-refractivity contribution >= 4 is 22.9 Å². The first-order valence-corrected chi connectivity index (χ1v) is 9.80. The lowest BCUT2D eigenvalue weighted by Gasteiger charge is -2.19. The van der Waals surface area contributed by atoms with Gasteiger partial charge in [-0.05, 0) is 35.1 Å². The summed E-state index contributed by atoms with van der Waals surface area (Å²) in [6.45, 7) is 8.71. The third kappa shape index (κ3) is 4.50. The van der Waals surface area contributed by atoms with E-state index < -0.39 is 0 Å². The molecule has 0 saturated heterocycles. The Kier molecular flexibility index (Phi) is 6.30. The summed E-state index contributed by atoms with van der Waals surface area (Å²) in [7, 11) is 0. The number of hydrogen-bond donors (Lipinski definition) is 1. The van der Waals surface area contributed by atoms with Crippen molar-refractivity contribution in [2.45, 2.75) is 39.5 Å². The molecule has 1 heterocycles. The highest BCUT2D eigenvalue weighted by Crippen LogP contribution is 2.34. The van der Waals surface area contributed by atoms with Crippen LogP contribution in [0.4, 0.5) is 0 Å². The molecule has 3 rings (SSSR count). The van der Waals surface area contributed by atoms with Crippen LogP contribution in [0.1, 0.15) is 56.2 Å². The number of hydrogen-bond acceptors (Lipinski definition) is 3. The molecule has 0 aliphatic carbocycles. The fraction of sp³-hybridized carbons (Fsp3) is 0.333. The molecular formula is C24H28N2O2. The fourth-order valence-electron chi connectivity index (χ4n) is 3.32. The number of nitrogens with one attached hydrogen (secondary N) is 1. The maximum Gasteiger partial charge on any atom is 0.191 e. The lowest BCUT2D eigenvalue weighted by Crippen LogP contribution is -2.16. The lowest BCUT2D eigenvalue weighted by atomic mass is 9.94. The first-order valence-electron chi connectivity index (χ1n) is 9.80. The van der Waals surface area contributed by atoms with E-state index in [9.17, 15) is 4.79 Å². The van der Waals surface area contributed by atoms with Gasteiger partial charge >= 0.3 is 0 Å². The number of aromatic amines is 1. The second-order valence-electron chi connectivity index (χ2n) is 7.66. The van der Waals surface area contributed by atoms with Crippen molar-refractivity contribution in [3.05, 3.63) is 65.4 Å². The zero-order chi connectivity index (χ0) is 20.1. The number of ketones is 1. The zero-order valence-corrected chi connectivity index (χ0v) is 17.0. The third-order valence-corrected chi connectivity index (χ3v) is 4.82. The van der Waals surface area contributed by atoms with Gasteiger partial charge in [0.15, 0.2) is 5.78 Å². The number of benzene rings is 2. The monoisotopic (exact) mass is 376 g/mol. The number of carbonyl (C=O) groups is 1. The molecule has 4 nitrogen and oxygen atoms in total. The van der Waals surface area contributed by atoms with Gasteiger partial charge in [0, 0.05) is 28.9 Å². The first kappa shape index (κ1) is 19.9. The molecule has 28 heavy (non-hydrogen) atoms. The Balaban J connectivity index is 1.66. The summed E-state index contributed by atoms with van der Waals surface area (Å²) in [5, 5.41) is 1.10. The lowest BCUT2D eigenvalue weighted by molar-refractivity contribution is -0.119. The number of fused-ring (bicyclic) bond motifs is 1. The van der Waals surface area contributed by atoms with Crippen molar-refractivity contribution in [3.8, 4) is 5.75 Å². The minimum atomic E-state index is -0.0363. The molecule has 0 aliphatic rings. The highest BCUT2D eigenvalue weighted by Gasteiger charge is 2.16. The number of para-hydroxylation sites is 1. The highest BCUT2D eigenvalue weighted by molar-refractivity contribution is 5.99. The average Bonchev–Trinajstić information content (AvgIpc) is 3.15. The van der Waals surface area contributed by atoms with Crippen LogP contribution in [0.25, 0.3) is 10.9 Å². The summed E-state index contributed by atoms with van der Waals surface area (Å²) in [6.07, 6.45) is 3.66. The molecule has 0 bridgehead atoms. The number of aliphatic imine (C=N–C) groups is 1. The molecule has 0 aliphatic heterocycles. The van der Waals surface area contributed by atoms with Crippen LogP contribution in [0.3, 0.4) is 0 Å². The van der Waals surface area contributed by atoms with Crippen LogP contribution >= 0.6 is 0 Å². The van der Waals surface area contributed by atoms with Crippen molar-refractivity contribution in [3.63, 3.8) is 0 Å². The van der Waals surface area contributed by atoms with Gasteiger partial charge in [-0.3, -0.25) is 9.79 Å².